The SMILES string of the molecule is COCCN(C)B1OCc2cc(Cl)ccc21. The van der Waals surface area contributed by atoms with Gasteiger partial charge in [0.25, 0.3) is 0 Å². The van der Waals surface area contributed by atoms with Gasteiger partial charge in [0.05, 0.1) is 13.2 Å². The lowest BCUT2D eigenvalue weighted by molar-refractivity contribution is 0.176. The van der Waals surface area contributed by atoms with Crippen molar-refractivity contribution in [1.29, 1.82) is 0 Å². The van der Waals surface area contributed by atoms with E-state index < -0.39 is 0 Å². The molecule has 0 aromatic heterocycles. The lowest BCUT2D eigenvalue weighted by atomic mass is 9.72. The maximum Gasteiger partial charge on any atom is 0.419 e. The van der Waals surface area contributed by atoms with Crippen molar-refractivity contribution in [2.45, 2.75) is 6.61 Å². The number of hydrogen-bond acceptors (Lipinski definition) is 3. The fraction of sp³-hybridized carbons (Fsp3) is 0.455. The molecule has 3 nitrogen and oxygen atoms in total. The Morgan fingerprint density at radius 1 is 1.56 bits per heavy atom. The highest BCUT2D eigenvalue weighted by Crippen LogP contribution is 2.17. The van der Waals surface area contributed by atoms with Crippen molar-refractivity contribution in [3.05, 3.63) is 28.8 Å². The van der Waals surface area contributed by atoms with E-state index >= 15 is 0 Å². The summed E-state index contributed by atoms with van der Waals surface area (Å²) in [5.74, 6) is 0. The van der Waals surface area contributed by atoms with Gasteiger partial charge in [0, 0.05) is 18.7 Å². The molecule has 0 radical (unpaired) electrons. The van der Waals surface area contributed by atoms with Crippen LogP contribution >= 0.6 is 11.6 Å². The first kappa shape index (κ1) is 11.9. The second kappa shape index (κ2) is 5.19. The van der Waals surface area contributed by atoms with Gasteiger partial charge in [-0.2, -0.15) is 0 Å². The summed E-state index contributed by atoms with van der Waals surface area (Å²) in [6.45, 7) is 2.19. The lowest BCUT2D eigenvalue weighted by Crippen LogP contribution is -2.46. The van der Waals surface area contributed by atoms with E-state index in [2.05, 4.69) is 4.81 Å². The molecule has 16 heavy (non-hydrogen) atoms. The van der Waals surface area contributed by atoms with Gasteiger partial charge in [-0.3, -0.25) is 0 Å². The molecule has 0 saturated heterocycles. The second-order valence-electron chi connectivity index (χ2n) is 3.98. The van der Waals surface area contributed by atoms with Gasteiger partial charge in [0.2, 0.25) is 0 Å². The van der Waals surface area contributed by atoms with E-state index in [1.165, 1.54) is 11.0 Å². The highest BCUT2D eigenvalue weighted by Gasteiger charge is 2.32. The van der Waals surface area contributed by atoms with Crippen molar-refractivity contribution >= 4 is 24.1 Å². The largest absolute Gasteiger partial charge is 0.419 e. The first-order chi connectivity index (χ1) is 7.72. The van der Waals surface area contributed by atoms with E-state index in [0.29, 0.717) is 13.2 Å². The zero-order valence-corrected chi connectivity index (χ0v) is 10.3. The van der Waals surface area contributed by atoms with Crippen molar-refractivity contribution in [1.82, 2.24) is 4.81 Å². The molecule has 1 aliphatic rings. The van der Waals surface area contributed by atoms with Crippen LogP contribution in [0.1, 0.15) is 5.56 Å². The van der Waals surface area contributed by atoms with Gasteiger partial charge in [0.15, 0.2) is 0 Å². The van der Waals surface area contributed by atoms with Crippen LogP contribution in [0.3, 0.4) is 0 Å². The second-order valence-corrected chi connectivity index (χ2v) is 4.42. The van der Waals surface area contributed by atoms with Gasteiger partial charge in [-0.05, 0) is 30.2 Å². The van der Waals surface area contributed by atoms with Gasteiger partial charge in [-0.25, -0.2) is 0 Å². The third-order valence-corrected chi connectivity index (χ3v) is 3.05. The fourth-order valence-corrected chi connectivity index (χ4v) is 2.11. The van der Waals surface area contributed by atoms with Crippen LogP contribution in [-0.2, 0) is 16.0 Å². The molecule has 86 valence electrons. The van der Waals surface area contributed by atoms with Gasteiger partial charge >= 0.3 is 7.05 Å². The molecule has 1 aliphatic heterocycles. The molecule has 1 heterocycles. The Morgan fingerprint density at radius 2 is 2.38 bits per heavy atom. The van der Waals surface area contributed by atoms with Gasteiger partial charge in [0.1, 0.15) is 0 Å². The molecule has 1 aromatic rings. The van der Waals surface area contributed by atoms with Crippen LogP contribution in [0.15, 0.2) is 18.2 Å². The third-order valence-electron chi connectivity index (χ3n) is 2.82. The molecule has 2 rings (SSSR count). The number of likely N-dealkylation sites (N-methyl/N-ethyl adjacent to an activating group) is 1. The van der Waals surface area contributed by atoms with E-state index in [9.17, 15) is 0 Å². The summed E-state index contributed by atoms with van der Waals surface area (Å²) in [7, 11) is 3.77. The van der Waals surface area contributed by atoms with Crippen molar-refractivity contribution in [2.24, 2.45) is 0 Å². The predicted octanol–water partition coefficient (Wildman–Crippen LogP) is 1.14. The van der Waals surface area contributed by atoms with E-state index in [1.807, 2.05) is 25.2 Å². The molecule has 0 unspecified atom stereocenters. The molecular formula is C11H15BClNO2. The topological polar surface area (TPSA) is 21.7 Å². The normalized spacial score (nSPS) is 14.6. The molecule has 0 atom stereocenters. The summed E-state index contributed by atoms with van der Waals surface area (Å²) in [6.07, 6.45) is 0. The number of methoxy groups -OCH3 is 1. The Labute approximate surface area is 101 Å². The molecule has 5 heteroatoms. The average Bonchev–Trinajstić information content (AvgIpc) is 2.68. The van der Waals surface area contributed by atoms with Crippen LogP contribution < -0.4 is 5.46 Å². The minimum Gasteiger partial charge on any atom is -0.413 e. The Bertz CT molecular complexity index is 375. The summed E-state index contributed by atoms with van der Waals surface area (Å²) in [6, 6.07) is 5.92. The highest BCUT2D eigenvalue weighted by atomic mass is 35.5. The molecular weight excluding hydrogens is 224 g/mol. The Morgan fingerprint density at radius 3 is 3.12 bits per heavy atom. The minimum absolute atomic E-state index is 0.0300. The molecule has 0 N–H and O–H groups in total. The quantitative estimate of drug-likeness (QED) is 0.736. The van der Waals surface area contributed by atoms with Crippen LogP contribution in [0.25, 0.3) is 0 Å². The molecule has 0 fully saturated rings. The number of hydrogen-bond donors (Lipinski definition) is 0. The Kier molecular flexibility index (Phi) is 3.87. The highest BCUT2D eigenvalue weighted by molar-refractivity contribution is 6.66. The van der Waals surface area contributed by atoms with Crippen molar-refractivity contribution in [2.75, 3.05) is 27.3 Å². The van der Waals surface area contributed by atoms with Gasteiger partial charge in [-0.1, -0.05) is 17.7 Å². The summed E-state index contributed by atoms with van der Waals surface area (Å²) in [4.78, 5) is 2.14. The van der Waals surface area contributed by atoms with E-state index in [-0.39, 0.29) is 7.05 Å². The van der Waals surface area contributed by atoms with Crippen LogP contribution in [0.4, 0.5) is 0 Å². The van der Waals surface area contributed by atoms with Crippen LogP contribution in [0, 0.1) is 0 Å². The third kappa shape index (κ3) is 2.41. The number of fused-ring (bicyclic) bond motifs is 1. The van der Waals surface area contributed by atoms with E-state index in [1.54, 1.807) is 7.11 Å². The lowest BCUT2D eigenvalue weighted by Gasteiger charge is -2.20. The number of halogens is 1. The van der Waals surface area contributed by atoms with E-state index in [0.717, 1.165) is 11.6 Å². The standard InChI is InChI=1S/C11H15BClNO2/c1-14(5-6-15-2)12-11-4-3-10(13)7-9(11)8-16-12/h3-4,7H,5-6,8H2,1-2H3. The predicted molar refractivity (Wildman–Crippen MR) is 66.1 cm³/mol. The number of rotatable bonds is 4. The summed E-state index contributed by atoms with van der Waals surface area (Å²) < 4.78 is 10.8. The monoisotopic (exact) mass is 239 g/mol. The molecule has 1 aromatic carbocycles. The van der Waals surface area contributed by atoms with Gasteiger partial charge in [-0.15, -0.1) is 0 Å². The van der Waals surface area contributed by atoms with Crippen molar-refractivity contribution in [3.8, 4) is 0 Å². The first-order valence-electron chi connectivity index (χ1n) is 5.31. The fourth-order valence-electron chi connectivity index (χ4n) is 1.92. The number of benzene rings is 1. The summed E-state index contributed by atoms with van der Waals surface area (Å²) in [5.41, 5.74) is 2.39. The van der Waals surface area contributed by atoms with Crippen LogP contribution in [0.2, 0.25) is 5.02 Å². The summed E-state index contributed by atoms with van der Waals surface area (Å²) in [5, 5.41) is 0.766. The number of nitrogens with zero attached hydrogens (tertiary/aromatic N) is 1. The van der Waals surface area contributed by atoms with Crippen molar-refractivity contribution < 1.29 is 9.39 Å². The molecule has 0 spiro atoms. The number of ether oxygens (including phenoxy) is 1. The van der Waals surface area contributed by atoms with Gasteiger partial charge < -0.3 is 14.2 Å². The molecule has 0 aliphatic carbocycles. The smallest absolute Gasteiger partial charge is 0.413 e. The Hall–Kier alpha value is -0.545. The average molecular weight is 240 g/mol. The zero-order chi connectivity index (χ0) is 11.5. The van der Waals surface area contributed by atoms with E-state index in [4.69, 9.17) is 21.0 Å². The zero-order valence-electron chi connectivity index (χ0n) is 9.57. The summed E-state index contributed by atoms with van der Waals surface area (Å²) >= 11 is 5.95. The van der Waals surface area contributed by atoms with Crippen molar-refractivity contribution in [3.63, 3.8) is 0 Å². The minimum atomic E-state index is 0.0300. The maximum absolute atomic E-state index is 5.95. The first-order valence-corrected chi connectivity index (χ1v) is 5.69. The molecule has 0 amide bonds. The Balaban J connectivity index is 2.11. The van der Waals surface area contributed by atoms with Crippen LogP contribution in [0.5, 0.6) is 0 Å². The van der Waals surface area contributed by atoms with Crippen LogP contribution in [-0.4, -0.2) is 39.2 Å². The molecule has 0 saturated carbocycles. The molecule has 0 bridgehead atoms. The maximum atomic E-state index is 5.95.